The van der Waals surface area contributed by atoms with E-state index in [2.05, 4.69) is 5.43 Å². The molecule has 0 spiro atoms. The summed E-state index contributed by atoms with van der Waals surface area (Å²) in [5.74, 6) is 0.777. The molecule has 1 amide bonds. The zero-order valence-electron chi connectivity index (χ0n) is 9.72. The van der Waals surface area contributed by atoms with Crippen LogP contribution in [0.15, 0.2) is 24.3 Å². The SMILES string of the molecule is COc1ccc(C2CC(=O)NN2CCO)cc1. The molecule has 0 saturated carbocycles. The van der Waals surface area contributed by atoms with Crippen molar-refractivity contribution in [2.24, 2.45) is 0 Å². The predicted molar refractivity (Wildman–Crippen MR) is 62.3 cm³/mol. The zero-order valence-corrected chi connectivity index (χ0v) is 9.72. The molecule has 17 heavy (non-hydrogen) atoms. The van der Waals surface area contributed by atoms with Gasteiger partial charge in [-0.2, -0.15) is 0 Å². The number of rotatable bonds is 4. The maximum atomic E-state index is 11.4. The van der Waals surface area contributed by atoms with Crippen LogP contribution in [-0.2, 0) is 4.79 Å². The maximum absolute atomic E-state index is 11.4. The lowest BCUT2D eigenvalue weighted by atomic mass is 10.0. The summed E-state index contributed by atoms with van der Waals surface area (Å²) < 4.78 is 5.09. The third kappa shape index (κ3) is 2.57. The van der Waals surface area contributed by atoms with E-state index in [1.807, 2.05) is 24.3 Å². The van der Waals surface area contributed by atoms with E-state index in [9.17, 15) is 4.79 Å². The van der Waals surface area contributed by atoms with Crippen LogP contribution >= 0.6 is 0 Å². The van der Waals surface area contributed by atoms with E-state index >= 15 is 0 Å². The molecule has 1 fully saturated rings. The number of carbonyl (C=O) groups excluding carboxylic acids is 1. The molecule has 5 heteroatoms. The Kier molecular flexibility index (Phi) is 3.61. The number of benzene rings is 1. The van der Waals surface area contributed by atoms with Crippen LogP contribution in [0.4, 0.5) is 0 Å². The number of ether oxygens (including phenoxy) is 1. The molecule has 92 valence electrons. The summed E-state index contributed by atoms with van der Waals surface area (Å²) in [6, 6.07) is 7.60. The number of hydrogen-bond acceptors (Lipinski definition) is 4. The lowest BCUT2D eigenvalue weighted by Gasteiger charge is -2.22. The van der Waals surface area contributed by atoms with Gasteiger partial charge in [0.1, 0.15) is 5.75 Å². The Labute approximate surface area is 100.0 Å². The minimum absolute atomic E-state index is 0.0134. The molecule has 0 aromatic heterocycles. The van der Waals surface area contributed by atoms with Gasteiger partial charge in [0.15, 0.2) is 0 Å². The highest BCUT2D eigenvalue weighted by atomic mass is 16.5. The van der Waals surface area contributed by atoms with Crippen LogP contribution < -0.4 is 10.2 Å². The molecular formula is C12H16N2O3. The smallest absolute Gasteiger partial charge is 0.236 e. The molecule has 1 saturated heterocycles. The van der Waals surface area contributed by atoms with Crippen molar-refractivity contribution in [1.29, 1.82) is 0 Å². The average Bonchev–Trinajstić information content (AvgIpc) is 2.71. The molecule has 0 bridgehead atoms. The number of nitrogens with zero attached hydrogens (tertiary/aromatic N) is 1. The highest BCUT2D eigenvalue weighted by Gasteiger charge is 2.30. The standard InChI is InChI=1S/C12H16N2O3/c1-17-10-4-2-9(3-5-10)11-8-12(16)13-14(11)6-7-15/h2-5,11,15H,6-8H2,1H3,(H,13,16). The summed E-state index contributed by atoms with van der Waals surface area (Å²) >= 11 is 0. The fourth-order valence-corrected chi connectivity index (χ4v) is 2.01. The van der Waals surface area contributed by atoms with E-state index in [0.717, 1.165) is 11.3 Å². The van der Waals surface area contributed by atoms with Gasteiger partial charge in [-0.1, -0.05) is 12.1 Å². The van der Waals surface area contributed by atoms with Gasteiger partial charge in [-0.15, -0.1) is 0 Å². The molecule has 2 N–H and O–H groups in total. The van der Waals surface area contributed by atoms with Gasteiger partial charge in [0.2, 0.25) is 5.91 Å². The van der Waals surface area contributed by atoms with Gasteiger partial charge in [0.25, 0.3) is 0 Å². The second-order valence-corrected chi connectivity index (χ2v) is 3.95. The molecule has 5 nitrogen and oxygen atoms in total. The number of methoxy groups -OCH3 is 1. The van der Waals surface area contributed by atoms with E-state index in [1.165, 1.54) is 0 Å². The van der Waals surface area contributed by atoms with Crippen LogP contribution in [0.3, 0.4) is 0 Å². The minimum atomic E-state index is -0.0146. The Balaban J connectivity index is 2.16. The number of aliphatic hydroxyl groups is 1. The Morgan fingerprint density at radius 3 is 2.76 bits per heavy atom. The van der Waals surface area contributed by atoms with Crippen LogP contribution in [0.25, 0.3) is 0 Å². The molecule has 0 radical (unpaired) electrons. The molecule has 1 aliphatic rings. The molecule has 1 heterocycles. The number of hydrazine groups is 1. The van der Waals surface area contributed by atoms with E-state index in [1.54, 1.807) is 12.1 Å². The highest BCUT2D eigenvalue weighted by molar-refractivity contribution is 5.78. The van der Waals surface area contributed by atoms with E-state index in [0.29, 0.717) is 13.0 Å². The number of hydrogen-bond donors (Lipinski definition) is 2. The van der Waals surface area contributed by atoms with Crippen molar-refractivity contribution >= 4 is 5.91 Å². The zero-order chi connectivity index (χ0) is 12.3. The number of aliphatic hydroxyl groups excluding tert-OH is 1. The van der Waals surface area contributed by atoms with Gasteiger partial charge in [-0.3, -0.25) is 10.2 Å². The topological polar surface area (TPSA) is 61.8 Å². The van der Waals surface area contributed by atoms with Crippen molar-refractivity contribution in [3.05, 3.63) is 29.8 Å². The van der Waals surface area contributed by atoms with Gasteiger partial charge in [0.05, 0.1) is 19.8 Å². The van der Waals surface area contributed by atoms with Crippen molar-refractivity contribution in [1.82, 2.24) is 10.4 Å². The Hall–Kier alpha value is -1.59. The first-order chi connectivity index (χ1) is 8.24. The Bertz CT molecular complexity index is 391. The fraction of sp³-hybridized carbons (Fsp3) is 0.417. The number of β-amino-alcohol motifs (C(OH)–C–C–N with tert-alkyl or cyclic N) is 1. The average molecular weight is 236 g/mol. The third-order valence-electron chi connectivity index (χ3n) is 2.86. The molecule has 2 rings (SSSR count). The van der Waals surface area contributed by atoms with Crippen LogP contribution in [0.2, 0.25) is 0 Å². The normalized spacial score (nSPS) is 20.4. The number of carbonyl (C=O) groups is 1. The summed E-state index contributed by atoms with van der Waals surface area (Å²) in [6.45, 7) is 0.454. The second kappa shape index (κ2) is 5.16. The Morgan fingerprint density at radius 2 is 2.18 bits per heavy atom. The highest BCUT2D eigenvalue weighted by Crippen LogP contribution is 2.28. The summed E-state index contributed by atoms with van der Waals surface area (Å²) in [6.07, 6.45) is 0.423. The van der Waals surface area contributed by atoms with Crippen LogP contribution in [-0.4, -0.2) is 36.3 Å². The predicted octanol–water partition coefficient (Wildman–Crippen LogP) is 0.465. The lowest BCUT2D eigenvalue weighted by molar-refractivity contribution is -0.121. The molecule has 1 aromatic carbocycles. The minimum Gasteiger partial charge on any atom is -0.497 e. The van der Waals surface area contributed by atoms with Gasteiger partial charge < -0.3 is 9.84 Å². The van der Waals surface area contributed by atoms with Gasteiger partial charge in [-0.05, 0) is 17.7 Å². The largest absolute Gasteiger partial charge is 0.497 e. The summed E-state index contributed by atoms with van der Waals surface area (Å²) in [5, 5.41) is 10.7. The van der Waals surface area contributed by atoms with Gasteiger partial charge in [-0.25, -0.2) is 5.01 Å². The first-order valence-corrected chi connectivity index (χ1v) is 5.55. The molecule has 1 unspecified atom stereocenters. The van der Waals surface area contributed by atoms with E-state index in [-0.39, 0.29) is 18.6 Å². The van der Waals surface area contributed by atoms with Crippen LogP contribution in [0.5, 0.6) is 5.75 Å². The van der Waals surface area contributed by atoms with E-state index in [4.69, 9.17) is 9.84 Å². The lowest BCUT2D eigenvalue weighted by Crippen LogP contribution is -2.36. The summed E-state index contributed by atoms with van der Waals surface area (Å²) in [4.78, 5) is 11.4. The van der Waals surface area contributed by atoms with Crippen molar-refractivity contribution in [2.45, 2.75) is 12.5 Å². The summed E-state index contributed by atoms with van der Waals surface area (Å²) in [7, 11) is 1.62. The molecular weight excluding hydrogens is 220 g/mol. The molecule has 1 aromatic rings. The van der Waals surface area contributed by atoms with E-state index < -0.39 is 0 Å². The third-order valence-corrected chi connectivity index (χ3v) is 2.86. The quantitative estimate of drug-likeness (QED) is 0.797. The van der Waals surface area contributed by atoms with Crippen LogP contribution in [0, 0.1) is 0 Å². The van der Waals surface area contributed by atoms with Crippen molar-refractivity contribution in [3.63, 3.8) is 0 Å². The van der Waals surface area contributed by atoms with Crippen molar-refractivity contribution in [3.8, 4) is 5.75 Å². The number of amides is 1. The van der Waals surface area contributed by atoms with Crippen LogP contribution in [0.1, 0.15) is 18.0 Å². The first-order valence-electron chi connectivity index (χ1n) is 5.55. The molecule has 0 aliphatic carbocycles. The van der Waals surface area contributed by atoms with Gasteiger partial charge >= 0.3 is 0 Å². The maximum Gasteiger partial charge on any atom is 0.236 e. The molecule has 1 aliphatic heterocycles. The number of nitrogens with one attached hydrogen (secondary N) is 1. The molecule has 1 atom stereocenters. The monoisotopic (exact) mass is 236 g/mol. The first kappa shape index (κ1) is 11.9. The van der Waals surface area contributed by atoms with Gasteiger partial charge in [0, 0.05) is 13.0 Å². The summed E-state index contributed by atoms with van der Waals surface area (Å²) in [5.41, 5.74) is 3.77. The fourth-order valence-electron chi connectivity index (χ4n) is 2.01. The van der Waals surface area contributed by atoms with Crippen molar-refractivity contribution < 1.29 is 14.6 Å². The Morgan fingerprint density at radius 1 is 1.47 bits per heavy atom. The second-order valence-electron chi connectivity index (χ2n) is 3.95. The van der Waals surface area contributed by atoms with Crippen molar-refractivity contribution in [2.75, 3.05) is 20.3 Å².